The molecule has 2 atom stereocenters. The Balaban J connectivity index is 1.50. The molecular formula is C19H21N3O4. The molecule has 7 nitrogen and oxygen atoms in total. The van der Waals surface area contributed by atoms with Crippen molar-refractivity contribution in [2.75, 3.05) is 30.1 Å². The quantitative estimate of drug-likeness (QED) is 0.913. The molecule has 26 heavy (non-hydrogen) atoms. The maximum atomic E-state index is 12.6. The van der Waals surface area contributed by atoms with Gasteiger partial charge in [-0.25, -0.2) is 0 Å². The van der Waals surface area contributed by atoms with E-state index in [4.69, 9.17) is 14.2 Å². The fourth-order valence-electron chi connectivity index (χ4n) is 3.30. The van der Waals surface area contributed by atoms with E-state index in [-0.39, 0.29) is 24.9 Å². The van der Waals surface area contributed by atoms with Crippen molar-refractivity contribution in [3.8, 4) is 11.5 Å². The van der Waals surface area contributed by atoms with E-state index in [0.717, 1.165) is 18.8 Å². The summed E-state index contributed by atoms with van der Waals surface area (Å²) >= 11 is 0. The van der Waals surface area contributed by atoms with Gasteiger partial charge in [-0.3, -0.25) is 9.78 Å². The van der Waals surface area contributed by atoms with E-state index in [0.29, 0.717) is 22.9 Å². The number of rotatable bonds is 3. The van der Waals surface area contributed by atoms with Gasteiger partial charge in [-0.05, 0) is 38.1 Å². The van der Waals surface area contributed by atoms with Gasteiger partial charge in [0, 0.05) is 36.7 Å². The minimum absolute atomic E-state index is 0.151. The lowest BCUT2D eigenvalue weighted by molar-refractivity contribution is -0.00522. The van der Waals surface area contributed by atoms with E-state index < -0.39 is 0 Å². The van der Waals surface area contributed by atoms with Crippen molar-refractivity contribution in [3.63, 3.8) is 0 Å². The van der Waals surface area contributed by atoms with Gasteiger partial charge >= 0.3 is 0 Å². The monoisotopic (exact) mass is 355 g/mol. The van der Waals surface area contributed by atoms with Crippen molar-refractivity contribution in [3.05, 3.63) is 42.2 Å². The van der Waals surface area contributed by atoms with Crippen LogP contribution in [0, 0.1) is 0 Å². The molecule has 1 amide bonds. The third-order valence-corrected chi connectivity index (χ3v) is 4.39. The summed E-state index contributed by atoms with van der Waals surface area (Å²) in [5.74, 6) is 1.04. The smallest absolute Gasteiger partial charge is 0.274 e. The Morgan fingerprint density at radius 2 is 1.88 bits per heavy atom. The van der Waals surface area contributed by atoms with E-state index >= 15 is 0 Å². The van der Waals surface area contributed by atoms with Gasteiger partial charge in [0.25, 0.3) is 5.91 Å². The number of pyridine rings is 1. The van der Waals surface area contributed by atoms with Gasteiger partial charge in [0.1, 0.15) is 5.69 Å². The maximum absolute atomic E-state index is 12.6. The fourth-order valence-corrected chi connectivity index (χ4v) is 3.30. The first kappa shape index (κ1) is 16.7. The van der Waals surface area contributed by atoms with E-state index in [9.17, 15) is 4.79 Å². The molecule has 3 heterocycles. The first-order valence-electron chi connectivity index (χ1n) is 8.66. The molecular weight excluding hydrogens is 334 g/mol. The molecule has 0 spiro atoms. The second-order valence-electron chi connectivity index (χ2n) is 6.58. The normalized spacial score (nSPS) is 21.5. The standard InChI is InChI=1S/C19H21N3O4/c1-12-9-22(10-13(2)26-12)15-5-6-20-16(8-15)19(23)21-14-3-4-17-18(7-14)25-11-24-17/h3-8,12-13H,9-11H2,1-2H3,(H,21,23). The number of ether oxygens (including phenoxy) is 3. The number of hydrogen-bond donors (Lipinski definition) is 1. The summed E-state index contributed by atoms with van der Waals surface area (Å²) in [7, 11) is 0. The molecule has 1 N–H and O–H groups in total. The van der Waals surface area contributed by atoms with Gasteiger partial charge in [0.2, 0.25) is 6.79 Å². The van der Waals surface area contributed by atoms with Crippen LogP contribution in [-0.2, 0) is 4.74 Å². The van der Waals surface area contributed by atoms with E-state index in [1.807, 2.05) is 12.1 Å². The summed E-state index contributed by atoms with van der Waals surface area (Å²) in [5, 5.41) is 2.86. The summed E-state index contributed by atoms with van der Waals surface area (Å²) < 4.78 is 16.4. The molecule has 0 bridgehead atoms. The minimum atomic E-state index is -0.264. The highest BCUT2D eigenvalue weighted by atomic mass is 16.7. The van der Waals surface area contributed by atoms with Crippen LogP contribution in [0.5, 0.6) is 11.5 Å². The van der Waals surface area contributed by atoms with Gasteiger partial charge < -0.3 is 24.4 Å². The van der Waals surface area contributed by atoms with Crippen molar-refractivity contribution in [1.29, 1.82) is 0 Å². The second kappa shape index (κ2) is 6.84. The van der Waals surface area contributed by atoms with Crippen LogP contribution in [-0.4, -0.2) is 43.0 Å². The third kappa shape index (κ3) is 3.43. The van der Waals surface area contributed by atoms with Crippen LogP contribution in [0.4, 0.5) is 11.4 Å². The number of anilines is 2. The summed E-state index contributed by atoms with van der Waals surface area (Å²) in [6, 6.07) is 9.03. The van der Waals surface area contributed by atoms with E-state index in [2.05, 4.69) is 29.0 Å². The Kier molecular flexibility index (Phi) is 4.38. The highest BCUT2D eigenvalue weighted by molar-refractivity contribution is 6.03. The van der Waals surface area contributed by atoms with Crippen LogP contribution in [0.1, 0.15) is 24.3 Å². The predicted molar refractivity (Wildman–Crippen MR) is 97.0 cm³/mol. The van der Waals surface area contributed by atoms with Gasteiger partial charge in [-0.2, -0.15) is 0 Å². The molecule has 1 aromatic carbocycles. The molecule has 2 aliphatic rings. The number of nitrogens with one attached hydrogen (secondary N) is 1. The lowest BCUT2D eigenvalue weighted by Crippen LogP contribution is -2.45. The molecule has 2 unspecified atom stereocenters. The van der Waals surface area contributed by atoms with E-state index in [1.54, 1.807) is 24.4 Å². The topological polar surface area (TPSA) is 72.9 Å². The lowest BCUT2D eigenvalue weighted by atomic mass is 10.2. The number of morpholine rings is 1. The van der Waals surface area contributed by atoms with Crippen LogP contribution in [0.25, 0.3) is 0 Å². The van der Waals surface area contributed by atoms with Crippen LogP contribution in [0.3, 0.4) is 0 Å². The Morgan fingerprint density at radius 1 is 1.12 bits per heavy atom. The molecule has 1 aromatic heterocycles. The Hall–Kier alpha value is -2.80. The zero-order valence-electron chi connectivity index (χ0n) is 14.8. The maximum Gasteiger partial charge on any atom is 0.274 e. The van der Waals surface area contributed by atoms with Crippen molar-refractivity contribution < 1.29 is 19.0 Å². The molecule has 136 valence electrons. The summed E-state index contributed by atoms with van der Waals surface area (Å²) in [6.45, 7) is 5.89. The molecule has 4 rings (SSSR count). The molecule has 1 fully saturated rings. The number of carbonyl (C=O) groups is 1. The summed E-state index contributed by atoms with van der Waals surface area (Å²) in [5.41, 5.74) is 1.98. The van der Waals surface area contributed by atoms with Crippen LogP contribution >= 0.6 is 0 Å². The highest BCUT2D eigenvalue weighted by Crippen LogP contribution is 2.34. The number of amides is 1. The highest BCUT2D eigenvalue weighted by Gasteiger charge is 2.23. The number of hydrogen-bond acceptors (Lipinski definition) is 6. The van der Waals surface area contributed by atoms with Crippen molar-refractivity contribution in [1.82, 2.24) is 4.98 Å². The van der Waals surface area contributed by atoms with Gasteiger partial charge in [0.15, 0.2) is 11.5 Å². The number of fused-ring (bicyclic) bond motifs is 1. The van der Waals surface area contributed by atoms with Crippen molar-refractivity contribution >= 4 is 17.3 Å². The number of aromatic nitrogens is 1. The third-order valence-electron chi connectivity index (χ3n) is 4.39. The van der Waals surface area contributed by atoms with Gasteiger partial charge in [-0.15, -0.1) is 0 Å². The first-order chi connectivity index (χ1) is 12.6. The second-order valence-corrected chi connectivity index (χ2v) is 6.58. The van der Waals surface area contributed by atoms with Gasteiger partial charge in [-0.1, -0.05) is 0 Å². The van der Waals surface area contributed by atoms with Crippen molar-refractivity contribution in [2.45, 2.75) is 26.1 Å². The molecule has 0 radical (unpaired) electrons. The van der Waals surface area contributed by atoms with Crippen LogP contribution in [0.15, 0.2) is 36.5 Å². The largest absolute Gasteiger partial charge is 0.454 e. The number of nitrogens with zero attached hydrogens (tertiary/aromatic N) is 2. The summed E-state index contributed by atoms with van der Waals surface area (Å²) in [6.07, 6.45) is 1.96. The molecule has 2 aliphatic heterocycles. The number of benzene rings is 1. The average molecular weight is 355 g/mol. The van der Waals surface area contributed by atoms with Crippen LogP contribution < -0.4 is 19.7 Å². The van der Waals surface area contributed by atoms with Crippen molar-refractivity contribution in [2.24, 2.45) is 0 Å². The first-order valence-corrected chi connectivity index (χ1v) is 8.66. The minimum Gasteiger partial charge on any atom is -0.454 e. The molecule has 0 saturated carbocycles. The average Bonchev–Trinajstić information content (AvgIpc) is 3.09. The Labute approximate surface area is 151 Å². The molecule has 7 heteroatoms. The molecule has 1 saturated heterocycles. The lowest BCUT2D eigenvalue weighted by Gasteiger charge is -2.36. The molecule has 0 aliphatic carbocycles. The zero-order chi connectivity index (χ0) is 18.1. The van der Waals surface area contributed by atoms with E-state index in [1.165, 1.54) is 0 Å². The predicted octanol–water partition coefficient (Wildman–Crippen LogP) is 2.68. The fraction of sp³-hybridized carbons (Fsp3) is 0.368. The molecule has 2 aromatic rings. The van der Waals surface area contributed by atoms with Gasteiger partial charge in [0.05, 0.1) is 12.2 Å². The number of carbonyl (C=O) groups excluding carboxylic acids is 1. The Bertz CT molecular complexity index is 816. The Morgan fingerprint density at radius 3 is 2.69 bits per heavy atom. The zero-order valence-corrected chi connectivity index (χ0v) is 14.8. The van der Waals surface area contributed by atoms with Crippen LogP contribution in [0.2, 0.25) is 0 Å². The summed E-state index contributed by atoms with van der Waals surface area (Å²) in [4.78, 5) is 19.0. The SMILES string of the molecule is CC1CN(c2ccnc(C(=O)Nc3ccc4c(c3)OCO4)c2)CC(C)O1.